The Bertz CT molecular complexity index is 546. The van der Waals surface area contributed by atoms with Gasteiger partial charge in [0.15, 0.2) is 0 Å². The number of nitrogens with two attached hydrogens (primary N) is 1. The summed E-state index contributed by atoms with van der Waals surface area (Å²) >= 11 is 3.24. The maximum atomic E-state index is 12.3. The molecule has 0 aliphatic rings. The molecule has 1 aromatic rings. The molecule has 0 aliphatic carbocycles. The summed E-state index contributed by atoms with van der Waals surface area (Å²) in [7, 11) is -3.64. The molecule has 0 radical (unpaired) electrons. The van der Waals surface area contributed by atoms with Gasteiger partial charge in [0.2, 0.25) is 10.0 Å². The Labute approximate surface area is 122 Å². The minimum Gasteiger partial charge on any atom is -0.398 e. The van der Waals surface area contributed by atoms with Gasteiger partial charge in [0, 0.05) is 22.8 Å². The van der Waals surface area contributed by atoms with E-state index in [1.165, 1.54) is 6.07 Å². The summed E-state index contributed by atoms with van der Waals surface area (Å²) < 4.78 is 27.9. The predicted molar refractivity (Wildman–Crippen MR) is 79.4 cm³/mol. The summed E-state index contributed by atoms with van der Waals surface area (Å²) in [4.78, 5) is 0.163. The summed E-state index contributed by atoms with van der Waals surface area (Å²) in [5, 5.41) is 8.92. The second-order valence-electron chi connectivity index (χ2n) is 4.36. The van der Waals surface area contributed by atoms with E-state index in [-0.39, 0.29) is 17.5 Å². The van der Waals surface area contributed by atoms with Crippen LogP contribution in [0.3, 0.4) is 0 Å². The molecule has 5 nitrogen and oxygen atoms in total. The van der Waals surface area contributed by atoms with Gasteiger partial charge in [0.25, 0.3) is 0 Å². The summed E-state index contributed by atoms with van der Waals surface area (Å²) in [6, 6.07) is 2.91. The van der Waals surface area contributed by atoms with Crippen LogP contribution in [0.2, 0.25) is 0 Å². The molecule has 108 valence electrons. The number of sulfonamides is 1. The number of rotatable bonds is 6. The Hall–Kier alpha value is -0.630. The van der Waals surface area contributed by atoms with Crippen molar-refractivity contribution < 1.29 is 13.5 Å². The Balaban J connectivity index is 3.13. The van der Waals surface area contributed by atoms with E-state index in [4.69, 9.17) is 10.8 Å². The highest BCUT2D eigenvalue weighted by atomic mass is 79.9. The molecule has 0 aliphatic heterocycles. The van der Waals surface area contributed by atoms with E-state index >= 15 is 0 Å². The molecule has 0 fully saturated rings. The summed E-state index contributed by atoms with van der Waals surface area (Å²) in [6.07, 6.45) is 1.00. The van der Waals surface area contributed by atoms with E-state index in [0.717, 1.165) is 0 Å². The highest BCUT2D eigenvalue weighted by molar-refractivity contribution is 9.10. The maximum Gasteiger partial charge on any atom is 0.241 e. The zero-order valence-corrected chi connectivity index (χ0v) is 13.4. The molecule has 0 saturated carbocycles. The Morgan fingerprint density at radius 3 is 2.63 bits per heavy atom. The molecule has 1 rings (SSSR count). The lowest BCUT2D eigenvalue weighted by Gasteiger charge is -2.17. The summed E-state index contributed by atoms with van der Waals surface area (Å²) in [5.74, 6) is 0. The van der Waals surface area contributed by atoms with E-state index in [2.05, 4.69) is 20.7 Å². The minimum absolute atomic E-state index is 0.0549. The number of anilines is 1. The lowest BCUT2D eigenvalue weighted by atomic mass is 10.2. The molecule has 1 unspecified atom stereocenters. The van der Waals surface area contributed by atoms with Gasteiger partial charge < -0.3 is 10.8 Å². The molecule has 0 aromatic heterocycles. The van der Waals surface area contributed by atoms with Gasteiger partial charge in [-0.05, 0) is 37.5 Å². The third-order valence-electron chi connectivity index (χ3n) is 2.95. The fourth-order valence-corrected chi connectivity index (χ4v) is 4.02. The monoisotopic (exact) mass is 350 g/mol. The lowest BCUT2D eigenvalue weighted by molar-refractivity contribution is 0.270. The van der Waals surface area contributed by atoms with Crippen molar-refractivity contribution in [2.45, 2.75) is 37.6 Å². The van der Waals surface area contributed by atoms with Gasteiger partial charge in [-0.3, -0.25) is 0 Å². The lowest BCUT2D eigenvalue weighted by Crippen LogP contribution is -2.35. The van der Waals surface area contributed by atoms with Crippen LogP contribution in [0.25, 0.3) is 0 Å². The van der Waals surface area contributed by atoms with Gasteiger partial charge in [-0.1, -0.05) is 22.9 Å². The van der Waals surface area contributed by atoms with E-state index in [1.54, 1.807) is 13.0 Å². The molecule has 0 saturated heterocycles. The summed E-state index contributed by atoms with van der Waals surface area (Å²) in [6.45, 7) is 3.48. The highest BCUT2D eigenvalue weighted by Crippen LogP contribution is 2.26. The molecule has 0 amide bonds. The molecule has 1 atom stereocenters. The minimum atomic E-state index is -3.64. The van der Waals surface area contributed by atoms with Crippen molar-refractivity contribution in [3.8, 4) is 0 Å². The zero-order valence-electron chi connectivity index (χ0n) is 11.0. The van der Waals surface area contributed by atoms with Crippen LogP contribution in [-0.4, -0.2) is 26.2 Å². The molecular formula is C12H19BrN2O3S. The second-order valence-corrected chi connectivity index (χ2v) is 6.95. The normalized spacial score (nSPS) is 13.5. The smallest absolute Gasteiger partial charge is 0.241 e. The van der Waals surface area contributed by atoms with Crippen LogP contribution in [0.1, 0.15) is 25.3 Å². The number of nitrogens with one attached hydrogen (secondary N) is 1. The van der Waals surface area contributed by atoms with Gasteiger partial charge in [-0.15, -0.1) is 0 Å². The van der Waals surface area contributed by atoms with Crippen LogP contribution in [0, 0.1) is 6.92 Å². The molecule has 19 heavy (non-hydrogen) atoms. The molecule has 0 spiro atoms. The van der Waals surface area contributed by atoms with Crippen molar-refractivity contribution in [3.05, 3.63) is 22.2 Å². The Kier molecular flexibility index (Phi) is 5.79. The fourth-order valence-electron chi connectivity index (χ4n) is 1.74. The third-order valence-corrected chi connectivity index (χ3v) is 5.05. The van der Waals surface area contributed by atoms with Crippen molar-refractivity contribution in [2.24, 2.45) is 0 Å². The topological polar surface area (TPSA) is 92.4 Å². The van der Waals surface area contributed by atoms with Crippen molar-refractivity contribution in [3.63, 3.8) is 0 Å². The van der Waals surface area contributed by atoms with Crippen LogP contribution >= 0.6 is 15.9 Å². The first kappa shape index (κ1) is 16.4. The van der Waals surface area contributed by atoms with Crippen molar-refractivity contribution >= 4 is 31.6 Å². The molecular weight excluding hydrogens is 332 g/mol. The van der Waals surface area contributed by atoms with Crippen molar-refractivity contribution in [1.29, 1.82) is 0 Å². The average molecular weight is 351 g/mol. The fraction of sp³-hybridized carbons (Fsp3) is 0.500. The van der Waals surface area contributed by atoms with Gasteiger partial charge in [-0.2, -0.15) is 0 Å². The average Bonchev–Trinajstić information content (AvgIpc) is 2.32. The largest absolute Gasteiger partial charge is 0.398 e. The van der Waals surface area contributed by atoms with Gasteiger partial charge >= 0.3 is 0 Å². The van der Waals surface area contributed by atoms with Gasteiger partial charge in [0.1, 0.15) is 0 Å². The predicted octanol–water partition coefficient (Wildman–Crippen LogP) is 1.78. The first-order valence-corrected chi connectivity index (χ1v) is 8.28. The number of halogens is 1. The van der Waals surface area contributed by atoms with E-state index < -0.39 is 10.0 Å². The van der Waals surface area contributed by atoms with E-state index in [1.807, 2.05) is 6.92 Å². The number of aliphatic hydroxyl groups excluding tert-OH is 1. The van der Waals surface area contributed by atoms with Crippen molar-refractivity contribution in [2.75, 3.05) is 12.3 Å². The van der Waals surface area contributed by atoms with E-state index in [0.29, 0.717) is 28.6 Å². The molecule has 0 bridgehead atoms. The van der Waals surface area contributed by atoms with Crippen LogP contribution in [0.4, 0.5) is 5.69 Å². The Morgan fingerprint density at radius 2 is 2.11 bits per heavy atom. The van der Waals surface area contributed by atoms with Crippen molar-refractivity contribution in [1.82, 2.24) is 4.72 Å². The molecule has 4 N–H and O–H groups in total. The first-order valence-electron chi connectivity index (χ1n) is 6.00. The summed E-state index contributed by atoms with van der Waals surface area (Å²) in [5.41, 5.74) is 6.72. The highest BCUT2D eigenvalue weighted by Gasteiger charge is 2.22. The number of benzene rings is 1. The number of hydrogen-bond acceptors (Lipinski definition) is 4. The molecule has 1 aromatic carbocycles. The van der Waals surface area contributed by atoms with Crippen LogP contribution in [-0.2, 0) is 10.0 Å². The molecule has 7 heteroatoms. The zero-order chi connectivity index (χ0) is 14.6. The quantitative estimate of drug-likeness (QED) is 0.681. The number of nitrogen functional groups attached to an aromatic ring is 1. The molecule has 0 heterocycles. The first-order chi connectivity index (χ1) is 8.81. The van der Waals surface area contributed by atoms with Crippen LogP contribution < -0.4 is 10.5 Å². The SMILES string of the molecule is CCC(CCO)NS(=O)(=O)c1cc(Br)cc(N)c1C. The second kappa shape index (κ2) is 6.69. The standard InChI is InChI=1S/C12H19BrN2O3S/c1-3-10(4-5-16)15-19(17,18)12-7-9(13)6-11(14)8(12)2/h6-7,10,15-16H,3-5,14H2,1-2H3. The van der Waals surface area contributed by atoms with Crippen LogP contribution in [0.15, 0.2) is 21.5 Å². The number of hydrogen-bond donors (Lipinski definition) is 3. The third kappa shape index (κ3) is 4.17. The number of aliphatic hydroxyl groups is 1. The van der Waals surface area contributed by atoms with Gasteiger partial charge in [0.05, 0.1) is 4.90 Å². The van der Waals surface area contributed by atoms with Gasteiger partial charge in [-0.25, -0.2) is 13.1 Å². The van der Waals surface area contributed by atoms with E-state index in [9.17, 15) is 8.42 Å². The van der Waals surface area contributed by atoms with Crippen LogP contribution in [0.5, 0.6) is 0 Å². The maximum absolute atomic E-state index is 12.3. The Morgan fingerprint density at radius 1 is 1.47 bits per heavy atom.